The van der Waals surface area contributed by atoms with Crippen LogP contribution in [0, 0.1) is 5.92 Å². The summed E-state index contributed by atoms with van der Waals surface area (Å²) >= 11 is 0. The largest absolute Gasteiger partial charge is 0.383 e. The molecule has 0 bridgehead atoms. The van der Waals surface area contributed by atoms with E-state index in [0.29, 0.717) is 25.2 Å². The summed E-state index contributed by atoms with van der Waals surface area (Å²) in [4.78, 5) is 15.1. The summed E-state index contributed by atoms with van der Waals surface area (Å²) in [6.07, 6.45) is 3.80. The number of fused-ring (bicyclic) bond motifs is 1. The first-order chi connectivity index (χ1) is 12.6. The first-order valence-corrected chi connectivity index (χ1v) is 9.85. The van der Waals surface area contributed by atoms with Crippen LogP contribution in [-0.4, -0.2) is 37.7 Å². The zero-order chi connectivity index (χ0) is 18.3. The van der Waals surface area contributed by atoms with E-state index in [1.54, 1.807) is 0 Å². The minimum Gasteiger partial charge on any atom is -0.383 e. The third kappa shape index (κ3) is 2.98. The third-order valence-corrected chi connectivity index (χ3v) is 5.82. The van der Waals surface area contributed by atoms with Crippen LogP contribution in [0.15, 0.2) is 23.9 Å². The number of rotatable bonds is 3. The van der Waals surface area contributed by atoms with Crippen molar-refractivity contribution in [1.82, 2.24) is 5.32 Å². The van der Waals surface area contributed by atoms with Crippen molar-refractivity contribution >= 4 is 22.9 Å². The van der Waals surface area contributed by atoms with E-state index in [2.05, 4.69) is 49.6 Å². The zero-order valence-electron chi connectivity index (χ0n) is 16.0. The van der Waals surface area contributed by atoms with Crippen molar-refractivity contribution in [3.8, 4) is 0 Å². The van der Waals surface area contributed by atoms with E-state index in [4.69, 9.17) is 4.74 Å². The fraction of sp³-hybridized carbons (Fsp3) is 0.571. The summed E-state index contributed by atoms with van der Waals surface area (Å²) in [6, 6.07) is 7.01. The number of nitrogens with one attached hydrogen (secondary N) is 2. The van der Waals surface area contributed by atoms with Crippen LogP contribution in [-0.2, 0) is 9.53 Å². The Morgan fingerprint density at radius 1 is 1.31 bits per heavy atom. The molecule has 2 unspecified atom stereocenters. The number of carbonyl (C=O) groups excluding carboxylic acids is 1. The lowest BCUT2D eigenvalue weighted by Crippen LogP contribution is -2.35. The van der Waals surface area contributed by atoms with Crippen LogP contribution in [0.5, 0.6) is 0 Å². The van der Waals surface area contributed by atoms with Crippen LogP contribution in [0.1, 0.15) is 45.6 Å². The van der Waals surface area contributed by atoms with E-state index >= 15 is 0 Å². The normalized spacial score (nSPS) is 28.5. The summed E-state index contributed by atoms with van der Waals surface area (Å²) in [5.74, 6) is 0.776. The van der Waals surface area contributed by atoms with Gasteiger partial charge in [0.05, 0.1) is 30.2 Å². The Hall–Kier alpha value is -2.01. The van der Waals surface area contributed by atoms with Crippen LogP contribution in [0.4, 0.5) is 11.4 Å². The van der Waals surface area contributed by atoms with Gasteiger partial charge in [-0.3, -0.25) is 4.79 Å². The van der Waals surface area contributed by atoms with Gasteiger partial charge in [0.25, 0.3) is 5.91 Å². The second-order valence-electron chi connectivity index (χ2n) is 7.99. The SMILES string of the molecule is CC1CCCC1Nc1ccc2c(c1)/C(=C1\COCCN1)C(=O)N2C(C)C. The number of morpholine rings is 1. The zero-order valence-corrected chi connectivity index (χ0v) is 16.0. The topological polar surface area (TPSA) is 53.6 Å². The molecule has 2 aliphatic heterocycles. The van der Waals surface area contributed by atoms with E-state index in [1.165, 1.54) is 19.3 Å². The lowest BCUT2D eigenvalue weighted by Gasteiger charge is -2.23. The molecule has 1 saturated heterocycles. The minimum absolute atomic E-state index is 0.0781. The molecule has 1 saturated carbocycles. The van der Waals surface area contributed by atoms with Crippen LogP contribution in [0.25, 0.3) is 5.57 Å². The van der Waals surface area contributed by atoms with Crippen LogP contribution < -0.4 is 15.5 Å². The van der Waals surface area contributed by atoms with E-state index in [9.17, 15) is 4.79 Å². The van der Waals surface area contributed by atoms with E-state index < -0.39 is 0 Å². The molecule has 0 radical (unpaired) electrons. The van der Waals surface area contributed by atoms with E-state index in [0.717, 1.165) is 34.8 Å². The first kappa shape index (κ1) is 17.4. The summed E-state index contributed by atoms with van der Waals surface area (Å²) in [5.41, 5.74) is 4.82. The number of hydrogen-bond donors (Lipinski definition) is 2. The van der Waals surface area contributed by atoms with Gasteiger partial charge in [0.2, 0.25) is 0 Å². The van der Waals surface area contributed by atoms with Gasteiger partial charge in [-0.05, 0) is 50.8 Å². The number of amides is 1. The maximum absolute atomic E-state index is 13.2. The van der Waals surface area contributed by atoms with Gasteiger partial charge in [-0.1, -0.05) is 13.3 Å². The number of carbonyl (C=O) groups is 1. The molecule has 140 valence electrons. The third-order valence-electron chi connectivity index (χ3n) is 5.82. The van der Waals surface area contributed by atoms with Gasteiger partial charge in [-0.2, -0.15) is 0 Å². The molecule has 0 spiro atoms. The first-order valence-electron chi connectivity index (χ1n) is 9.85. The van der Waals surface area contributed by atoms with Gasteiger partial charge in [0.1, 0.15) is 0 Å². The molecule has 26 heavy (non-hydrogen) atoms. The predicted molar refractivity (Wildman–Crippen MR) is 105 cm³/mol. The average Bonchev–Trinajstić information content (AvgIpc) is 3.15. The number of nitrogens with zero attached hydrogens (tertiary/aromatic N) is 1. The standard InChI is InChI=1S/C21H29N3O2/c1-13(2)24-19-8-7-15(23-17-6-4-5-14(17)3)11-16(19)20(21(24)25)18-12-26-10-9-22-18/h7-8,11,13-14,17,22-23H,4-6,9-10,12H2,1-3H3/b20-18-. The van der Waals surface area contributed by atoms with Gasteiger partial charge in [-0.15, -0.1) is 0 Å². The molecule has 1 aromatic carbocycles. The van der Waals surface area contributed by atoms with Gasteiger partial charge in [-0.25, -0.2) is 0 Å². The predicted octanol–water partition coefficient (Wildman–Crippen LogP) is 3.37. The maximum Gasteiger partial charge on any atom is 0.261 e. The van der Waals surface area contributed by atoms with E-state index in [-0.39, 0.29) is 11.9 Å². The maximum atomic E-state index is 13.2. The molecular formula is C21H29N3O2. The van der Waals surface area contributed by atoms with Gasteiger partial charge >= 0.3 is 0 Å². The Kier molecular flexibility index (Phi) is 4.65. The van der Waals surface area contributed by atoms with Gasteiger partial charge in [0.15, 0.2) is 0 Å². The monoisotopic (exact) mass is 355 g/mol. The fourth-order valence-corrected chi connectivity index (χ4v) is 4.42. The van der Waals surface area contributed by atoms with Crippen molar-refractivity contribution in [2.45, 2.75) is 52.1 Å². The van der Waals surface area contributed by atoms with Crippen LogP contribution >= 0.6 is 0 Å². The second kappa shape index (κ2) is 6.95. The highest BCUT2D eigenvalue weighted by Crippen LogP contribution is 2.41. The Morgan fingerprint density at radius 3 is 2.81 bits per heavy atom. The van der Waals surface area contributed by atoms with Crippen LogP contribution in [0.3, 0.4) is 0 Å². The Balaban J connectivity index is 1.73. The van der Waals surface area contributed by atoms with Crippen molar-refractivity contribution in [1.29, 1.82) is 0 Å². The Morgan fingerprint density at radius 2 is 2.15 bits per heavy atom. The molecule has 5 nitrogen and oxygen atoms in total. The van der Waals surface area contributed by atoms with Crippen molar-refractivity contribution in [2.24, 2.45) is 5.92 Å². The highest BCUT2D eigenvalue weighted by molar-refractivity contribution is 6.33. The second-order valence-corrected chi connectivity index (χ2v) is 7.99. The smallest absolute Gasteiger partial charge is 0.261 e. The molecule has 4 rings (SSSR count). The lowest BCUT2D eigenvalue weighted by atomic mass is 10.0. The molecular weight excluding hydrogens is 326 g/mol. The number of hydrogen-bond acceptors (Lipinski definition) is 4. The van der Waals surface area contributed by atoms with Crippen molar-refractivity contribution in [3.63, 3.8) is 0 Å². The van der Waals surface area contributed by atoms with Crippen molar-refractivity contribution < 1.29 is 9.53 Å². The molecule has 2 heterocycles. The molecule has 2 fully saturated rings. The van der Waals surface area contributed by atoms with Crippen LogP contribution in [0.2, 0.25) is 0 Å². The molecule has 3 aliphatic rings. The Bertz CT molecular complexity index is 733. The van der Waals surface area contributed by atoms with Crippen molar-refractivity contribution in [2.75, 3.05) is 30.0 Å². The summed E-state index contributed by atoms with van der Waals surface area (Å²) in [5, 5.41) is 7.08. The number of benzene rings is 1. The molecule has 1 aliphatic carbocycles. The molecule has 2 atom stereocenters. The van der Waals surface area contributed by atoms with Gasteiger partial charge in [0, 0.05) is 29.9 Å². The molecule has 2 N–H and O–H groups in total. The Labute approximate surface area is 155 Å². The van der Waals surface area contributed by atoms with Crippen molar-refractivity contribution in [3.05, 3.63) is 29.5 Å². The highest BCUT2D eigenvalue weighted by atomic mass is 16.5. The minimum atomic E-state index is 0.0781. The summed E-state index contributed by atoms with van der Waals surface area (Å²) in [7, 11) is 0. The number of anilines is 2. The quantitative estimate of drug-likeness (QED) is 0.816. The molecule has 0 aromatic heterocycles. The fourth-order valence-electron chi connectivity index (χ4n) is 4.42. The molecule has 5 heteroatoms. The molecule has 1 amide bonds. The number of ether oxygens (including phenoxy) is 1. The lowest BCUT2D eigenvalue weighted by molar-refractivity contribution is -0.113. The highest BCUT2D eigenvalue weighted by Gasteiger charge is 2.37. The van der Waals surface area contributed by atoms with Gasteiger partial charge < -0.3 is 20.3 Å². The average molecular weight is 355 g/mol. The molecule has 1 aromatic rings. The van der Waals surface area contributed by atoms with E-state index in [1.807, 2.05) is 4.90 Å². The summed E-state index contributed by atoms with van der Waals surface area (Å²) < 4.78 is 5.60. The summed E-state index contributed by atoms with van der Waals surface area (Å²) in [6.45, 7) is 8.36.